The van der Waals surface area contributed by atoms with E-state index < -0.39 is 0 Å². The molecule has 0 aromatic carbocycles. The minimum atomic E-state index is 0.562. The van der Waals surface area contributed by atoms with Gasteiger partial charge in [-0.2, -0.15) is 0 Å². The quantitative estimate of drug-likeness (QED) is 0.385. The molecule has 0 aliphatic rings. The summed E-state index contributed by atoms with van der Waals surface area (Å²) in [5, 5.41) is 0. The lowest BCUT2D eigenvalue weighted by molar-refractivity contribution is 0.0153. The minimum absolute atomic E-state index is 0.562. The summed E-state index contributed by atoms with van der Waals surface area (Å²) in [5.74, 6) is 0.765. The summed E-state index contributed by atoms with van der Waals surface area (Å²) in [4.78, 5) is 0. The van der Waals surface area contributed by atoms with Crippen LogP contribution in [0.15, 0.2) is 0 Å². The Bertz CT molecular complexity index is 125. The van der Waals surface area contributed by atoms with Crippen LogP contribution in [0.25, 0.3) is 0 Å². The molecule has 0 heterocycles. The van der Waals surface area contributed by atoms with Crippen molar-refractivity contribution in [2.45, 2.75) is 25.7 Å². The van der Waals surface area contributed by atoms with E-state index in [1.165, 1.54) is 12.8 Å². The van der Waals surface area contributed by atoms with E-state index in [9.17, 15) is 0 Å². The number of halogens is 1. The molecule has 5 heteroatoms. The zero-order valence-electron chi connectivity index (χ0n) is 10.7. The third-order valence-corrected chi connectivity index (χ3v) is 2.45. The Morgan fingerprint density at radius 2 is 1.18 bits per heavy atom. The summed E-state index contributed by atoms with van der Waals surface area (Å²) in [7, 11) is 0. The molecule has 0 amide bonds. The highest BCUT2D eigenvalue weighted by atomic mass is 35.5. The third-order valence-electron chi connectivity index (χ3n) is 2.18. The molecule has 0 spiro atoms. The standard InChI is InChI=1S/C12H26ClNO3/c13-5-3-1-2-4-7-15-9-11-17-12-10-16-8-6-14/h1-12,14H2. The van der Waals surface area contributed by atoms with Gasteiger partial charge in [-0.25, -0.2) is 0 Å². The molecule has 0 aliphatic heterocycles. The highest BCUT2D eigenvalue weighted by molar-refractivity contribution is 6.17. The summed E-state index contributed by atoms with van der Waals surface area (Å²) < 4.78 is 15.9. The Balaban J connectivity index is 2.85. The van der Waals surface area contributed by atoms with Crippen LogP contribution in [0.4, 0.5) is 0 Å². The predicted octanol–water partition coefficient (Wildman–Crippen LogP) is 1.79. The molecule has 0 fully saturated rings. The zero-order valence-corrected chi connectivity index (χ0v) is 11.4. The van der Waals surface area contributed by atoms with Crippen LogP contribution in [-0.2, 0) is 14.2 Å². The van der Waals surface area contributed by atoms with Gasteiger partial charge >= 0.3 is 0 Å². The normalized spacial score (nSPS) is 10.9. The molecule has 0 saturated carbocycles. The average Bonchev–Trinajstić information content (AvgIpc) is 2.35. The number of nitrogens with two attached hydrogens (primary N) is 1. The van der Waals surface area contributed by atoms with E-state index in [4.69, 9.17) is 31.5 Å². The fourth-order valence-corrected chi connectivity index (χ4v) is 1.47. The van der Waals surface area contributed by atoms with Crippen LogP contribution in [-0.4, -0.2) is 52.1 Å². The lowest BCUT2D eigenvalue weighted by Crippen LogP contribution is -2.13. The van der Waals surface area contributed by atoms with Gasteiger partial charge in [0, 0.05) is 19.0 Å². The van der Waals surface area contributed by atoms with Gasteiger partial charge in [-0.15, -0.1) is 11.6 Å². The van der Waals surface area contributed by atoms with Crippen LogP contribution in [0.1, 0.15) is 25.7 Å². The summed E-state index contributed by atoms with van der Waals surface area (Å²) >= 11 is 5.58. The second-order valence-electron chi connectivity index (χ2n) is 3.73. The summed E-state index contributed by atoms with van der Waals surface area (Å²) in [6.07, 6.45) is 4.60. The monoisotopic (exact) mass is 267 g/mol. The molecule has 4 nitrogen and oxygen atoms in total. The Hall–Kier alpha value is 0.130. The second kappa shape index (κ2) is 16.1. The van der Waals surface area contributed by atoms with Gasteiger partial charge in [0.25, 0.3) is 0 Å². The van der Waals surface area contributed by atoms with Crippen molar-refractivity contribution < 1.29 is 14.2 Å². The summed E-state index contributed by atoms with van der Waals surface area (Å²) in [5.41, 5.74) is 5.27. The van der Waals surface area contributed by atoms with Crippen molar-refractivity contribution in [1.82, 2.24) is 0 Å². The smallest absolute Gasteiger partial charge is 0.0701 e. The molecule has 0 rings (SSSR count). The summed E-state index contributed by atoms with van der Waals surface area (Å²) in [6.45, 7) is 4.49. The predicted molar refractivity (Wildman–Crippen MR) is 70.7 cm³/mol. The fraction of sp³-hybridized carbons (Fsp3) is 1.00. The topological polar surface area (TPSA) is 53.7 Å². The lowest BCUT2D eigenvalue weighted by atomic mass is 10.2. The fourth-order valence-electron chi connectivity index (χ4n) is 1.28. The maximum atomic E-state index is 5.58. The van der Waals surface area contributed by atoms with Gasteiger partial charge in [0.15, 0.2) is 0 Å². The van der Waals surface area contributed by atoms with Crippen LogP contribution < -0.4 is 5.73 Å². The highest BCUT2D eigenvalue weighted by Crippen LogP contribution is 2.00. The number of alkyl halides is 1. The molecule has 0 atom stereocenters. The molecule has 104 valence electrons. The van der Waals surface area contributed by atoms with E-state index in [2.05, 4.69) is 0 Å². The first-order chi connectivity index (χ1) is 8.41. The molecule has 0 radical (unpaired) electrons. The van der Waals surface area contributed by atoms with Crippen molar-refractivity contribution in [3.05, 3.63) is 0 Å². The highest BCUT2D eigenvalue weighted by Gasteiger charge is 1.92. The minimum Gasteiger partial charge on any atom is -0.379 e. The van der Waals surface area contributed by atoms with Gasteiger partial charge in [0.1, 0.15) is 0 Å². The van der Waals surface area contributed by atoms with Gasteiger partial charge < -0.3 is 19.9 Å². The largest absolute Gasteiger partial charge is 0.379 e. The van der Waals surface area contributed by atoms with Crippen LogP contribution in [0, 0.1) is 0 Å². The maximum Gasteiger partial charge on any atom is 0.0701 e. The first-order valence-corrected chi connectivity index (χ1v) is 6.94. The van der Waals surface area contributed by atoms with Gasteiger partial charge in [0.2, 0.25) is 0 Å². The van der Waals surface area contributed by atoms with E-state index in [1.807, 2.05) is 0 Å². The molecule has 0 saturated heterocycles. The van der Waals surface area contributed by atoms with Crippen LogP contribution in [0.3, 0.4) is 0 Å². The molecule has 0 aromatic rings. The molecule has 0 aliphatic carbocycles. The number of rotatable bonds is 14. The number of hydrogen-bond donors (Lipinski definition) is 1. The molecule has 0 bridgehead atoms. The van der Waals surface area contributed by atoms with E-state index in [-0.39, 0.29) is 0 Å². The van der Waals surface area contributed by atoms with Crippen molar-refractivity contribution in [3.8, 4) is 0 Å². The summed E-state index contributed by atoms with van der Waals surface area (Å²) in [6, 6.07) is 0. The van der Waals surface area contributed by atoms with Gasteiger partial charge in [-0.1, -0.05) is 12.8 Å². The zero-order chi connectivity index (χ0) is 12.6. The van der Waals surface area contributed by atoms with Crippen LogP contribution in [0.5, 0.6) is 0 Å². The van der Waals surface area contributed by atoms with Gasteiger partial charge in [-0.3, -0.25) is 0 Å². The van der Waals surface area contributed by atoms with Gasteiger partial charge in [0.05, 0.1) is 33.0 Å². The molecular weight excluding hydrogens is 242 g/mol. The molecular formula is C12H26ClNO3. The number of ether oxygens (including phenoxy) is 3. The number of hydrogen-bond acceptors (Lipinski definition) is 4. The first-order valence-electron chi connectivity index (χ1n) is 6.41. The Morgan fingerprint density at radius 1 is 0.647 bits per heavy atom. The maximum absolute atomic E-state index is 5.58. The van der Waals surface area contributed by atoms with E-state index in [1.54, 1.807) is 0 Å². The van der Waals surface area contributed by atoms with Crippen molar-refractivity contribution in [1.29, 1.82) is 0 Å². The second-order valence-corrected chi connectivity index (χ2v) is 4.11. The Labute approximate surface area is 110 Å². The molecule has 0 unspecified atom stereocenters. The van der Waals surface area contributed by atoms with Crippen molar-refractivity contribution in [2.75, 3.05) is 52.1 Å². The SMILES string of the molecule is NCCOCCOCCOCCCCCCCl. The lowest BCUT2D eigenvalue weighted by Gasteiger charge is -2.06. The van der Waals surface area contributed by atoms with Gasteiger partial charge in [-0.05, 0) is 12.8 Å². The molecule has 0 aromatic heterocycles. The van der Waals surface area contributed by atoms with Crippen LogP contribution in [0.2, 0.25) is 0 Å². The Morgan fingerprint density at radius 3 is 1.76 bits per heavy atom. The van der Waals surface area contributed by atoms with E-state index in [0.29, 0.717) is 39.6 Å². The average molecular weight is 268 g/mol. The van der Waals surface area contributed by atoms with Crippen molar-refractivity contribution in [3.63, 3.8) is 0 Å². The molecule has 2 N–H and O–H groups in total. The first kappa shape index (κ1) is 17.1. The molecule has 17 heavy (non-hydrogen) atoms. The Kier molecular flexibility index (Phi) is 16.3. The van der Waals surface area contributed by atoms with Crippen molar-refractivity contribution in [2.24, 2.45) is 5.73 Å². The number of unbranched alkanes of at least 4 members (excludes halogenated alkanes) is 3. The third kappa shape index (κ3) is 16.1. The van der Waals surface area contributed by atoms with E-state index >= 15 is 0 Å². The van der Waals surface area contributed by atoms with Crippen molar-refractivity contribution >= 4 is 11.6 Å². The van der Waals surface area contributed by atoms with Crippen LogP contribution >= 0.6 is 11.6 Å². The van der Waals surface area contributed by atoms with E-state index in [0.717, 1.165) is 25.3 Å².